The zero-order valence-corrected chi connectivity index (χ0v) is 14.6. The Hall–Kier alpha value is -1.64. The maximum absolute atomic E-state index is 9.48. The molecule has 3 rings (SSSR count). The molecule has 2 atom stereocenters. The van der Waals surface area contributed by atoms with E-state index in [0.717, 1.165) is 11.5 Å². The van der Waals surface area contributed by atoms with Crippen LogP contribution >= 0.6 is 0 Å². The Morgan fingerprint density at radius 2 is 1.67 bits per heavy atom. The zero-order valence-electron chi connectivity index (χ0n) is 14.6. The molecule has 128 valence electrons. The summed E-state index contributed by atoms with van der Waals surface area (Å²) in [6.45, 7) is 2.43. The zero-order chi connectivity index (χ0) is 16.8. The number of nitrogens with one attached hydrogen (secondary N) is 1. The van der Waals surface area contributed by atoms with Crippen LogP contribution in [0.5, 0.6) is 0 Å². The van der Waals surface area contributed by atoms with Crippen molar-refractivity contribution >= 4 is 0 Å². The molecular weight excluding hydrogens is 294 g/mol. The normalized spacial score (nSPS) is 18.2. The smallest absolute Gasteiger partial charge is 0.0681 e. The van der Waals surface area contributed by atoms with E-state index in [-0.39, 0.29) is 12.6 Å². The van der Waals surface area contributed by atoms with Crippen molar-refractivity contribution in [3.05, 3.63) is 71.3 Å². The van der Waals surface area contributed by atoms with E-state index in [4.69, 9.17) is 0 Å². The lowest BCUT2D eigenvalue weighted by molar-refractivity contribution is 0.271. The predicted molar refractivity (Wildman–Crippen MR) is 99.8 cm³/mol. The highest BCUT2D eigenvalue weighted by Gasteiger charge is 2.24. The Morgan fingerprint density at radius 1 is 0.958 bits per heavy atom. The van der Waals surface area contributed by atoms with Crippen LogP contribution in [0.25, 0.3) is 0 Å². The van der Waals surface area contributed by atoms with Crippen LogP contribution < -0.4 is 5.32 Å². The number of aliphatic hydroxyl groups is 1. The van der Waals surface area contributed by atoms with Gasteiger partial charge in [0.05, 0.1) is 12.6 Å². The third-order valence-corrected chi connectivity index (χ3v) is 5.39. The summed E-state index contributed by atoms with van der Waals surface area (Å²) in [5, 5.41) is 13.4. The van der Waals surface area contributed by atoms with Crippen molar-refractivity contribution in [3.8, 4) is 0 Å². The average molecular weight is 323 g/mol. The molecule has 1 fully saturated rings. The summed E-state index contributed by atoms with van der Waals surface area (Å²) < 4.78 is 0. The molecule has 0 amide bonds. The first kappa shape index (κ1) is 17.2. The van der Waals surface area contributed by atoms with E-state index in [1.807, 2.05) is 12.1 Å². The minimum atomic E-state index is 0.0908. The van der Waals surface area contributed by atoms with Crippen LogP contribution in [-0.2, 0) is 6.61 Å². The lowest BCUT2D eigenvalue weighted by atomic mass is 9.83. The molecule has 2 nitrogen and oxygen atoms in total. The van der Waals surface area contributed by atoms with Gasteiger partial charge in [0.25, 0.3) is 0 Å². The van der Waals surface area contributed by atoms with Crippen molar-refractivity contribution < 1.29 is 5.11 Å². The van der Waals surface area contributed by atoms with Crippen LogP contribution in [0.3, 0.4) is 0 Å². The minimum Gasteiger partial charge on any atom is -0.392 e. The van der Waals surface area contributed by atoms with Crippen molar-refractivity contribution in [2.45, 2.75) is 57.7 Å². The lowest BCUT2D eigenvalue weighted by Gasteiger charge is -2.32. The topological polar surface area (TPSA) is 32.3 Å². The summed E-state index contributed by atoms with van der Waals surface area (Å²) in [4.78, 5) is 0. The molecule has 0 saturated heterocycles. The molecule has 0 aliphatic heterocycles. The van der Waals surface area contributed by atoms with Gasteiger partial charge in [0.15, 0.2) is 0 Å². The molecule has 1 aliphatic rings. The van der Waals surface area contributed by atoms with Crippen LogP contribution in [0.15, 0.2) is 54.6 Å². The maximum atomic E-state index is 9.48. The highest BCUT2D eigenvalue weighted by atomic mass is 16.3. The van der Waals surface area contributed by atoms with E-state index in [1.54, 1.807) is 0 Å². The fourth-order valence-electron chi connectivity index (χ4n) is 3.93. The second-order valence-corrected chi connectivity index (χ2v) is 7.10. The number of rotatable bonds is 6. The third-order valence-electron chi connectivity index (χ3n) is 5.39. The molecule has 0 aromatic heterocycles. The molecule has 1 unspecified atom stereocenters. The summed E-state index contributed by atoms with van der Waals surface area (Å²) in [5.41, 5.74) is 3.49. The summed E-state index contributed by atoms with van der Waals surface area (Å²) >= 11 is 0. The number of hydrogen-bond donors (Lipinski definition) is 2. The van der Waals surface area contributed by atoms with Gasteiger partial charge < -0.3 is 10.4 Å². The summed E-state index contributed by atoms with van der Waals surface area (Å²) in [7, 11) is 0. The Morgan fingerprint density at radius 3 is 2.38 bits per heavy atom. The second kappa shape index (κ2) is 8.46. The van der Waals surface area contributed by atoms with Gasteiger partial charge in [-0.25, -0.2) is 0 Å². The van der Waals surface area contributed by atoms with Gasteiger partial charge in [0.1, 0.15) is 0 Å². The summed E-state index contributed by atoms with van der Waals surface area (Å²) in [5.74, 6) is 0.769. The number of hydrogen-bond acceptors (Lipinski definition) is 2. The van der Waals surface area contributed by atoms with Gasteiger partial charge in [-0.15, -0.1) is 0 Å². The van der Waals surface area contributed by atoms with Crippen LogP contribution in [-0.4, -0.2) is 11.1 Å². The molecule has 2 N–H and O–H groups in total. The molecule has 2 aromatic carbocycles. The van der Waals surface area contributed by atoms with Crippen LogP contribution in [0, 0.1) is 5.92 Å². The van der Waals surface area contributed by atoms with Crippen molar-refractivity contribution in [1.29, 1.82) is 0 Å². The van der Waals surface area contributed by atoms with Gasteiger partial charge >= 0.3 is 0 Å². The van der Waals surface area contributed by atoms with E-state index in [0.29, 0.717) is 6.04 Å². The van der Waals surface area contributed by atoms with Gasteiger partial charge in [0, 0.05) is 6.04 Å². The maximum Gasteiger partial charge on any atom is 0.0681 e. The number of benzene rings is 2. The molecule has 0 spiro atoms. The molecule has 1 aliphatic carbocycles. The standard InChI is InChI=1S/C22H29NO/c1-17(19-10-4-2-5-11-19)23-22(20-12-6-3-7-13-20)21-14-8-9-18(15-21)16-24/h3,6-9,12-15,17,19,22-24H,2,4-5,10-11,16H2,1H3/t17-,22?/m1/s1. The van der Waals surface area contributed by atoms with Crippen LogP contribution in [0.2, 0.25) is 0 Å². The summed E-state index contributed by atoms with van der Waals surface area (Å²) in [6, 6.07) is 19.6. The highest BCUT2D eigenvalue weighted by molar-refractivity contribution is 5.34. The van der Waals surface area contributed by atoms with Gasteiger partial charge in [-0.3, -0.25) is 0 Å². The first-order valence-electron chi connectivity index (χ1n) is 9.28. The second-order valence-electron chi connectivity index (χ2n) is 7.10. The van der Waals surface area contributed by atoms with E-state index in [9.17, 15) is 5.11 Å². The molecule has 24 heavy (non-hydrogen) atoms. The Balaban J connectivity index is 1.84. The van der Waals surface area contributed by atoms with E-state index < -0.39 is 0 Å². The van der Waals surface area contributed by atoms with Crippen LogP contribution in [0.1, 0.15) is 61.8 Å². The fraction of sp³-hybridized carbons (Fsp3) is 0.455. The molecule has 0 bridgehead atoms. The average Bonchev–Trinajstić information content (AvgIpc) is 2.67. The Bertz CT molecular complexity index is 619. The molecule has 0 heterocycles. The van der Waals surface area contributed by atoms with E-state index in [2.05, 4.69) is 54.7 Å². The highest BCUT2D eigenvalue weighted by Crippen LogP contribution is 2.30. The quantitative estimate of drug-likeness (QED) is 0.798. The Kier molecular flexibility index (Phi) is 6.06. The first-order valence-corrected chi connectivity index (χ1v) is 9.28. The predicted octanol–water partition coefficient (Wildman–Crippen LogP) is 4.83. The van der Waals surface area contributed by atoms with Crippen LogP contribution in [0.4, 0.5) is 0 Å². The van der Waals surface area contributed by atoms with Crippen molar-refractivity contribution in [2.24, 2.45) is 5.92 Å². The van der Waals surface area contributed by atoms with Gasteiger partial charge in [-0.05, 0) is 42.4 Å². The van der Waals surface area contributed by atoms with Gasteiger partial charge in [-0.2, -0.15) is 0 Å². The Labute approximate surface area is 145 Å². The third kappa shape index (κ3) is 4.25. The molecule has 1 saturated carbocycles. The molecule has 2 aromatic rings. The molecule has 2 heteroatoms. The van der Waals surface area contributed by atoms with Crippen molar-refractivity contribution in [3.63, 3.8) is 0 Å². The molecular formula is C22H29NO. The first-order chi connectivity index (χ1) is 11.8. The van der Waals surface area contributed by atoms with E-state index in [1.165, 1.54) is 43.2 Å². The number of aliphatic hydroxyl groups excluding tert-OH is 1. The largest absolute Gasteiger partial charge is 0.392 e. The van der Waals surface area contributed by atoms with Gasteiger partial charge in [0.2, 0.25) is 0 Å². The molecule has 0 radical (unpaired) electrons. The summed E-state index contributed by atoms with van der Waals surface area (Å²) in [6.07, 6.45) is 6.81. The van der Waals surface area contributed by atoms with Gasteiger partial charge in [-0.1, -0.05) is 73.9 Å². The monoisotopic (exact) mass is 323 g/mol. The van der Waals surface area contributed by atoms with Crippen molar-refractivity contribution in [2.75, 3.05) is 0 Å². The SMILES string of the molecule is C[C@@H](NC(c1ccccc1)c1cccc(CO)c1)C1CCCCC1. The van der Waals surface area contributed by atoms with E-state index >= 15 is 0 Å². The minimum absolute atomic E-state index is 0.0908. The lowest BCUT2D eigenvalue weighted by Crippen LogP contribution is -2.37. The fourth-order valence-corrected chi connectivity index (χ4v) is 3.93. The van der Waals surface area contributed by atoms with Crippen molar-refractivity contribution in [1.82, 2.24) is 5.32 Å².